The molecule has 0 saturated carbocycles. The first-order valence-electron chi connectivity index (χ1n) is 14.8. The third-order valence-corrected chi connectivity index (χ3v) is 7.85. The van der Waals surface area contributed by atoms with E-state index in [9.17, 15) is 25.0 Å². The second kappa shape index (κ2) is 11.6. The number of amides is 1. The maximum Gasteiger partial charge on any atom is 0.640 e. The lowest BCUT2D eigenvalue weighted by molar-refractivity contribution is -0.394. The van der Waals surface area contributed by atoms with Crippen molar-refractivity contribution in [2.24, 2.45) is 0 Å². The number of nitro groups is 2. The monoisotopic (exact) mass is 654 g/mol. The van der Waals surface area contributed by atoms with Crippen LogP contribution in [0.3, 0.4) is 0 Å². The summed E-state index contributed by atoms with van der Waals surface area (Å²) < 4.78 is 42.0. The van der Waals surface area contributed by atoms with Gasteiger partial charge in [-0.05, 0) is 56.7 Å². The number of carbonyl (C=O) groups excluding carboxylic acids is 1. The number of anilines is 3. The standard InChI is InChI=1S/C33H29BF2N6O6/c1-33(2,3)48-32(43)38(24-19-25(41(44)45)21-26(20-24)42(46)47)30-18-16-28-31(22-11-7-5-8-12-22)27-15-17-29(39(27)34(35,36)40(28)30)37(4)23-13-9-6-10-14-23/h5-21H,1-4H3. The average Bonchev–Trinajstić information content (AvgIpc) is 3.68. The third-order valence-electron chi connectivity index (χ3n) is 7.85. The Hall–Kier alpha value is -6.12. The van der Waals surface area contributed by atoms with Crippen molar-refractivity contribution in [3.05, 3.63) is 140 Å². The van der Waals surface area contributed by atoms with Crippen molar-refractivity contribution in [2.75, 3.05) is 16.8 Å². The molecule has 1 aromatic heterocycles. The summed E-state index contributed by atoms with van der Waals surface area (Å²) in [7, 11) is 1.66. The highest BCUT2D eigenvalue weighted by molar-refractivity contribution is 6.59. The van der Waals surface area contributed by atoms with E-state index < -0.39 is 51.4 Å². The number of halogens is 2. The summed E-state index contributed by atoms with van der Waals surface area (Å²) in [4.78, 5) is 38.1. The molecular formula is C33H29BF2N6O6. The number of aromatic nitrogens is 1. The highest BCUT2D eigenvalue weighted by Gasteiger charge is 2.52. The summed E-state index contributed by atoms with van der Waals surface area (Å²) in [6.45, 7) is -0.118. The summed E-state index contributed by atoms with van der Waals surface area (Å²) in [5, 5.41) is 23.6. The van der Waals surface area contributed by atoms with Gasteiger partial charge in [-0.3, -0.25) is 20.2 Å². The second-order valence-electron chi connectivity index (χ2n) is 12.2. The SMILES string of the molecule is CN(C1=[N+]2C(=C(c3ccccc3)c3ccc(N(C(=O)OC(C)(C)C)c4cc([N+](=O)[O-])cc([N+](=O)[O-])c4)n3[B-]2(F)F)C=C1)c1ccccc1. The highest BCUT2D eigenvalue weighted by Crippen LogP contribution is 2.45. The van der Waals surface area contributed by atoms with Crippen molar-refractivity contribution >= 4 is 53.0 Å². The van der Waals surface area contributed by atoms with E-state index in [0.29, 0.717) is 26.2 Å². The minimum absolute atomic E-state index is 0.0502. The van der Waals surface area contributed by atoms with Crippen LogP contribution in [0.1, 0.15) is 32.0 Å². The Morgan fingerprint density at radius 2 is 1.44 bits per heavy atom. The topological polar surface area (TPSA) is 127 Å². The Labute approximate surface area is 273 Å². The van der Waals surface area contributed by atoms with Gasteiger partial charge in [0.15, 0.2) is 0 Å². The van der Waals surface area contributed by atoms with Crippen LogP contribution in [0.5, 0.6) is 0 Å². The second-order valence-corrected chi connectivity index (χ2v) is 12.2. The number of benzene rings is 3. The number of hydrogen-bond acceptors (Lipinski definition) is 7. The number of rotatable bonds is 6. The van der Waals surface area contributed by atoms with Gasteiger partial charge in [0, 0.05) is 29.5 Å². The van der Waals surface area contributed by atoms with E-state index in [1.807, 2.05) is 6.07 Å². The molecule has 0 bridgehead atoms. The lowest BCUT2D eigenvalue weighted by Gasteiger charge is -2.39. The van der Waals surface area contributed by atoms with Crippen molar-refractivity contribution in [1.29, 1.82) is 0 Å². The molecule has 0 atom stereocenters. The van der Waals surface area contributed by atoms with Crippen LogP contribution >= 0.6 is 0 Å². The molecule has 4 aromatic rings. The smallest absolute Gasteiger partial charge is 0.443 e. The Balaban J connectivity index is 1.66. The normalized spacial score (nSPS) is 14.8. The van der Waals surface area contributed by atoms with E-state index in [2.05, 4.69) is 0 Å². The molecule has 0 spiro atoms. The zero-order valence-electron chi connectivity index (χ0n) is 26.3. The Morgan fingerprint density at radius 1 is 0.854 bits per heavy atom. The predicted octanol–water partition coefficient (Wildman–Crippen LogP) is 7.49. The highest BCUT2D eigenvalue weighted by atomic mass is 19.2. The Kier molecular flexibility index (Phi) is 7.70. The minimum Gasteiger partial charge on any atom is -0.443 e. The molecule has 0 N–H and O–H groups in total. The summed E-state index contributed by atoms with van der Waals surface area (Å²) in [6.07, 6.45) is 2.02. The molecule has 1 amide bonds. The number of nitro benzene ring substituents is 2. The number of allylic oxidation sites excluding steroid dienone is 1. The molecule has 0 unspecified atom stereocenters. The molecule has 6 rings (SSSR count). The number of likely N-dealkylation sites (N-methyl/N-ethyl adjacent to an activating group) is 1. The molecule has 0 aliphatic carbocycles. The Bertz CT molecular complexity index is 2040. The zero-order chi connectivity index (χ0) is 34.5. The van der Waals surface area contributed by atoms with Gasteiger partial charge in [-0.1, -0.05) is 48.5 Å². The van der Waals surface area contributed by atoms with Gasteiger partial charge in [0.05, 0.1) is 40.2 Å². The van der Waals surface area contributed by atoms with E-state index in [1.54, 1.807) is 99.5 Å². The molecule has 2 aliphatic heterocycles. The predicted molar refractivity (Wildman–Crippen MR) is 178 cm³/mol. The van der Waals surface area contributed by atoms with E-state index in [1.165, 1.54) is 12.1 Å². The minimum atomic E-state index is -4.80. The van der Waals surface area contributed by atoms with Gasteiger partial charge in [0.1, 0.15) is 11.3 Å². The molecular weight excluding hydrogens is 625 g/mol. The maximum atomic E-state index is 17.4. The summed E-state index contributed by atoms with van der Waals surface area (Å²) >= 11 is 0. The fourth-order valence-corrected chi connectivity index (χ4v) is 5.88. The number of para-hydroxylation sites is 1. The number of fused-ring (bicyclic) bond motifs is 2. The Morgan fingerprint density at radius 3 is 2.00 bits per heavy atom. The molecule has 244 valence electrons. The number of nitrogens with zero attached hydrogens (tertiary/aromatic N) is 6. The summed E-state index contributed by atoms with van der Waals surface area (Å²) in [5.41, 5.74) is -1.02. The van der Waals surface area contributed by atoms with Crippen molar-refractivity contribution in [3.8, 4) is 0 Å². The van der Waals surface area contributed by atoms with Crippen LogP contribution in [0, 0.1) is 20.2 Å². The fourth-order valence-electron chi connectivity index (χ4n) is 5.88. The van der Waals surface area contributed by atoms with Crippen molar-refractivity contribution in [3.63, 3.8) is 0 Å². The number of ether oxygens (including phenoxy) is 1. The van der Waals surface area contributed by atoms with Gasteiger partial charge in [-0.2, -0.15) is 0 Å². The van der Waals surface area contributed by atoms with Crippen LogP contribution in [0.25, 0.3) is 5.57 Å². The van der Waals surface area contributed by atoms with Gasteiger partial charge in [0.25, 0.3) is 11.4 Å². The molecule has 3 aromatic carbocycles. The fraction of sp³-hybridized carbons (Fsp3) is 0.152. The van der Waals surface area contributed by atoms with Crippen LogP contribution in [0.2, 0.25) is 0 Å². The molecule has 48 heavy (non-hydrogen) atoms. The zero-order valence-corrected chi connectivity index (χ0v) is 26.3. The molecule has 0 saturated heterocycles. The maximum absolute atomic E-state index is 17.4. The van der Waals surface area contributed by atoms with Gasteiger partial charge in [0.2, 0.25) is 5.84 Å². The summed E-state index contributed by atoms with van der Waals surface area (Å²) in [6, 6.07) is 23.1. The van der Waals surface area contributed by atoms with Gasteiger partial charge < -0.3 is 22.3 Å². The van der Waals surface area contributed by atoms with Crippen LogP contribution in [0.15, 0.2) is 109 Å². The third kappa shape index (κ3) is 5.48. The largest absolute Gasteiger partial charge is 0.640 e. The summed E-state index contributed by atoms with van der Waals surface area (Å²) in [5.74, 6) is -0.269. The number of amidine groups is 1. The van der Waals surface area contributed by atoms with E-state index in [4.69, 9.17) is 4.74 Å². The molecule has 0 radical (unpaired) electrons. The van der Waals surface area contributed by atoms with Gasteiger partial charge >= 0.3 is 13.1 Å². The van der Waals surface area contributed by atoms with Crippen LogP contribution in [-0.4, -0.2) is 50.4 Å². The lowest BCUT2D eigenvalue weighted by Crippen LogP contribution is -2.54. The lowest BCUT2D eigenvalue weighted by atomic mass is 9.86. The number of carbonyl (C=O) groups is 1. The van der Waals surface area contributed by atoms with Crippen molar-refractivity contribution < 1.29 is 32.5 Å². The van der Waals surface area contributed by atoms with Crippen LogP contribution < -0.4 is 9.80 Å². The number of non-ortho nitro benzene ring substituents is 2. The van der Waals surface area contributed by atoms with Crippen molar-refractivity contribution in [1.82, 2.24) is 4.48 Å². The van der Waals surface area contributed by atoms with Crippen molar-refractivity contribution in [2.45, 2.75) is 26.4 Å². The number of hydrogen-bond donors (Lipinski definition) is 0. The van der Waals surface area contributed by atoms with Crippen LogP contribution in [-0.2, 0) is 4.74 Å². The molecule has 3 heterocycles. The molecule has 15 heteroatoms. The average molecular weight is 654 g/mol. The van der Waals surface area contributed by atoms with Crippen LogP contribution in [0.4, 0.5) is 42.0 Å². The molecule has 0 fully saturated rings. The van der Waals surface area contributed by atoms with E-state index >= 15 is 8.63 Å². The van der Waals surface area contributed by atoms with Gasteiger partial charge in [-0.25, -0.2) is 14.6 Å². The van der Waals surface area contributed by atoms with E-state index in [0.717, 1.165) is 22.7 Å². The van der Waals surface area contributed by atoms with Gasteiger partial charge in [-0.15, -0.1) is 0 Å². The first-order valence-corrected chi connectivity index (χ1v) is 14.8. The van der Waals surface area contributed by atoms with E-state index in [-0.39, 0.29) is 17.2 Å². The first-order chi connectivity index (χ1) is 22.7. The molecule has 2 aliphatic rings. The molecule has 12 nitrogen and oxygen atoms in total. The first kappa shape index (κ1) is 31.9. The quantitative estimate of drug-likeness (QED) is 0.120.